The van der Waals surface area contributed by atoms with Crippen LogP contribution in [0.1, 0.15) is 11.1 Å². The molecule has 1 N–H and O–H groups in total. The highest BCUT2D eigenvalue weighted by Gasteiger charge is 2.48. The van der Waals surface area contributed by atoms with Gasteiger partial charge in [0, 0.05) is 0 Å². The molecule has 5 nitrogen and oxygen atoms in total. The Kier molecular flexibility index (Phi) is 4.30. The second-order valence-electron chi connectivity index (χ2n) is 6.23. The van der Waals surface area contributed by atoms with Crippen LogP contribution in [-0.4, -0.2) is 25.9 Å². The molecule has 0 saturated heterocycles. The van der Waals surface area contributed by atoms with Crippen molar-refractivity contribution in [3.05, 3.63) is 77.5 Å². The van der Waals surface area contributed by atoms with Crippen LogP contribution < -0.4 is 0 Å². The molecule has 0 radical (unpaired) electrons. The highest BCUT2D eigenvalue weighted by molar-refractivity contribution is 8.03. The largest absolute Gasteiger partial charge is 0.480 e. The van der Waals surface area contributed by atoms with Gasteiger partial charge in [0.2, 0.25) is 0 Å². The number of aliphatic carboxylic acids is 1. The number of ether oxygens (including phenoxy) is 1. The van der Waals surface area contributed by atoms with Gasteiger partial charge in [0.25, 0.3) is 0 Å². The number of rotatable bonds is 5. The van der Waals surface area contributed by atoms with Crippen LogP contribution in [0.15, 0.2) is 66.3 Å². The van der Waals surface area contributed by atoms with Crippen LogP contribution in [0.5, 0.6) is 0 Å². The van der Waals surface area contributed by atoms with E-state index in [1.807, 2.05) is 66.1 Å². The molecule has 0 spiro atoms. The molecule has 0 amide bonds. The van der Waals surface area contributed by atoms with Gasteiger partial charge in [-0.25, -0.2) is 4.98 Å². The predicted molar refractivity (Wildman–Crippen MR) is 102 cm³/mol. The summed E-state index contributed by atoms with van der Waals surface area (Å²) in [7, 11) is 0. The Morgan fingerprint density at radius 2 is 2.04 bits per heavy atom. The van der Waals surface area contributed by atoms with Crippen molar-refractivity contribution in [1.29, 1.82) is 0 Å². The summed E-state index contributed by atoms with van der Waals surface area (Å²) in [5.41, 5.74) is 2.66. The minimum absolute atomic E-state index is 0.313. The maximum atomic E-state index is 12.0. The van der Waals surface area contributed by atoms with E-state index in [1.165, 1.54) is 11.8 Å². The minimum atomic E-state index is -1.13. The molecular weight excluding hydrogens is 348 g/mol. The third-order valence-corrected chi connectivity index (χ3v) is 5.78. The van der Waals surface area contributed by atoms with Crippen LogP contribution >= 0.6 is 11.8 Å². The van der Waals surface area contributed by atoms with Crippen molar-refractivity contribution in [2.24, 2.45) is 0 Å². The number of imidazole rings is 1. The van der Waals surface area contributed by atoms with Gasteiger partial charge in [-0.1, -0.05) is 36.4 Å². The molecule has 2 heterocycles. The first-order valence-corrected chi connectivity index (χ1v) is 9.23. The molecule has 0 fully saturated rings. The fraction of sp³-hybridized carbons (Fsp3) is 0.200. The number of fused-ring (bicyclic) bond motifs is 1. The molecular formula is C20H18N2O3S. The van der Waals surface area contributed by atoms with E-state index in [1.54, 1.807) is 11.7 Å². The maximum Gasteiger partial charge on any atom is 0.322 e. The van der Waals surface area contributed by atoms with Gasteiger partial charge in [-0.15, -0.1) is 11.8 Å². The molecule has 26 heavy (non-hydrogen) atoms. The Morgan fingerprint density at radius 1 is 1.27 bits per heavy atom. The second-order valence-corrected chi connectivity index (χ2v) is 7.24. The summed E-state index contributed by atoms with van der Waals surface area (Å²) in [5, 5.41) is 10.8. The van der Waals surface area contributed by atoms with E-state index in [9.17, 15) is 9.90 Å². The van der Waals surface area contributed by atoms with E-state index in [4.69, 9.17) is 4.74 Å². The number of carboxylic acids is 1. The summed E-state index contributed by atoms with van der Waals surface area (Å²) in [5.74, 6) is -0.914. The number of nitrogens with zero attached hydrogens (tertiary/aromatic N) is 2. The van der Waals surface area contributed by atoms with Gasteiger partial charge in [0.1, 0.15) is 0 Å². The molecule has 0 saturated carbocycles. The zero-order valence-electron chi connectivity index (χ0n) is 14.2. The van der Waals surface area contributed by atoms with E-state index < -0.39 is 16.9 Å². The lowest BCUT2D eigenvalue weighted by atomic mass is 10.1. The van der Waals surface area contributed by atoms with Crippen LogP contribution in [0.3, 0.4) is 0 Å². The Labute approximate surface area is 155 Å². The number of para-hydroxylation sites is 2. The van der Waals surface area contributed by atoms with Crippen molar-refractivity contribution in [3.8, 4) is 0 Å². The molecule has 2 aromatic carbocycles. The fourth-order valence-corrected chi connectivity index (χ4v) is 4.24. The van der Waals surface area contributed by atoms with E-state index in [0.29, 0.717) is 6.61 Å². The lowest BCUT2D eigenvalue weighted by Gasteiger charge is -2.34. The zero-order chi connectivity index (χ0) is 18.1. The smallest absolute Gasteiger partial charge is 0.322 e. The molecule has 6 heteroatoms. The lowest BCUT2D eigenvalue weighted by Crippen LogP contribution is -2.45. The molecule has 1 aromatic heterocycles. The third-order valence-electron chi connectivity index (χ3n) is 4.67. The Bertz CT molecular complexity index is 997. The molecule has 0 aliphatic carbocycles. The topological polar surface area (TPSA) is 64.4 Å². The SMILES string of the molecule is Cc1ccccc1COC1(n2cnc3ccccc32)C=CSC1C(=O)O. The van der Waals surface area contributed by atoms with Crippen molar-refractivity contribution in [2.75, 3.05) is 0 Å². The van der Waals surface area contributed by atoms with Crippen LogP contribution in [0.2, 0.25) is 0 Å². The van der Waals surface area contributed by atoms with Gasteiger partial charge < -0.3 is 9.84 Å². The van der Waals surface area contributed by atoms with E-state index in [0.717, 1.165) is 22.2 Å². The first kappa shape index (κ1) is 16.9. The molecule has 1 aliphatic rings. The molecule has 4 rings (SSSR count). The maximum absolute atomic E-state index is 12.0. The third kappa shape index (κ3) is 2.71. The zero-order valence-corrected chi connectivity index (χ0v) is 15.0. The molecule has 2 atom stereocenters. The van der Waals surface area contributed by atoms with E-state index in [2.05, 4.69) is 4.98 Å². The quantitative estimate of drug-likeness (QED) is 0.741. The Morgan fingerprint density at radius 3 is 2.85 bits per heavy atom. The van der Waals surface area contributed by atoms with Gasteiger partial charge in [-0.05, 0) is 41.7 Å². The first-order chi connectivity index (χ1) is 12.6. The average molecular weight is 366 g/mol. The van der Waals surface area contributed by atoms with Crippen molar-refractivity contribution in [2.45, 2.75) is 24.5 Å². The number of thioether (sulfide) groups is 1. The van der Waals surface area contributed by atoms with Gasteiger partial charge in [-0.2, -0.15) is 0 Å². The number of benzene rings is 2. The minimum Gasteiger partial charge on any atom is -0.480 e. The number of aromatic nitrogens is 2. The van der Waals surface area contributed by atoms with E-state index in [-0.39, 0.29) is 0 Å². The highest BCUT2D eigenvalue weighted by atomic mass is 32.2. The van der Waals surface area contributed by atoms with Crippen LogP contribution in [0.4, 0.5) is 0 Å². The average Bonchev–Trinajstić information content (AvgIpc) is 3.26. The summed E-state index contributed by atoms with van der Waals surface area (Å²) in [6, 6.07) is 15.6. The van der Waals surface area contributed by atoms with Gasteiger partial charge in [-0.3, -0.25) is 9.36 Å². The standard InChI is InChI=1S/C20H18N2O3S/c1-14-6-2-3-7-15(14)12-25-20(10-11-26-18(20)19(23)24)22-13-21-16-8-4-5-9-17(16)22/h2-11,13,18H,12H2,1H3,(H,23,24). The predicted octanol–water partition coefficient (Wildman–Crippen LogP) is 3.93. The van der Waals surface area contributed by atoms with Crippen LogP contribution in [0, 0.1) is 6.92 Å². The van der Waals surface area contributed by atoms with Crippen molar-refractivity contribution in [1.82, 2.24) is 9.55 Å². The number of hydrogen-bond donors (Lipinski definition) is 1. The van der Waals surface area contributed by atoms with Crippen molar-refractivity contribution < 1.29 is 14.6 Å². The molecule has 0 bridgehead atoms. The Hall–Kier alpha value is -2.57. The van der Waals surface area contributed by atoms with Crippen molar-refractivity contribution in [3.63, 3.8) is 0 Å². The number of hydrogen-bond acceptors (Lipinski definition) is 4. The van der Waals surface area contributed by atoms with Crippen LogP contribution in [-0.2, 0) is 21.9 Å². The summed E-state index contributed by atoms with van der Waals surface area (Å²) in [6.07, 6.45) is 3.48. The monoisotopic (exact) mass is 366 g/mol. The van der Waals surface area contributed by atoms with Gasteiger partial charge in [0.05, 0.1) is 24.0 Å². The summed E-state index contributed by atoms with van der Waals surface area (Å²) < 4.78 is 8.15. The van der Waals surface area contributed by atoms with Crippen LogP contribution in [0.25, 0.3) is 11.0 Å². The Balaban J connectivity index is 1.79. The lowest BCUT2D eigenvalue weighted by molar-refractivity contribution is -0.147. The second kappa shape index (κ2) is 6.63. The number of carbonyl (C=O) groups is 1. The summed E-state index contributed by atoms with van der Waals surface area (Å²) in [6.45, 7) is 2.33. The molecule has 2 unspecified atom stereocenters. The highest BCUT2D eigenvalue weighted by Crippen LogP contribution is 2.42. The van der Waals surface area contributed by atoms with E-state index >= 15 is 0 Å². The summed E-state index contributed by atoms with van der Waals surface area (Å²) >= 11 is 1.25. The fourth-order valence-electron chi connectivity index (χ4n) is 3.24. The molecule has 3 aromatic rings. The molecule has 1 aliphatic heterocycles. The van der Waals surface area contributed by atoms with Gasteiger partial charge in [0.15, 0.2) is 11.0 Å². The summed E-state index contributed by atoms with van der Waals surface area (Å²) in [4.78, 5) is 16.4. The first-order valence-electron chi connectivity index (χ1n) is 8.29. The number of carboxylic acid groups (broad SMARTS) is 1. The van der Waals surface area contributed by atoms with Crippen molar-refractivity contribution >= 4 is 28.8 Å². The molecule has 132 valence electrons. The number of aryl methyl sites for hydroxylation is 1. The normalized spacial score (nSPS) is 22.1. The van der Waals surface area contributed by atoms with Gasteiger partial charge >= 0.3 is 5.97 Å².